The van der Waals surface area contributed by atoms with Crippen LogP contribution < -0.4 is 5.32 Å². The summed E-state index contributed by atoms with van der Waals surface area (Å²) in [6, 6.07) is 4.48. The first-order chi connectivity index (χ1) is 9.60. The number of hydrogen-bond acceptors (Lipinski definition) is 2. The molecule has 1 N–H and O–H groups in total. The molecule has 1 aliphatic rings. The van der Waals surface area contributed by atoms with Gasteiger partial charge in [0.1, 0.15) is 0 Å². The smallest absolute Gasteiger partial charge is 0.162 e. The number of rotatable bonds is 7. The van der Waals surface area contributed by atoms with E-state index in [4.69, 9.17) is 4.74 Å². The minimum Gasteiger partial charge on any atom is -0.378 e. The van der Waals surface area contributed by atoms with Crippen molar-refractivity contribution in [1.82, 2.24) is 5.32 Å². The Morgan fingerprint density at radius 1 is 1.35 bits per heavy atom. The van der Waals surface area contributed by atoms with Gasteiger partial charge in [-0.15, -0.1) is 0 Å². The zero-order valence-corrected chi connectivity index (χ0v) is 12.2. The Kier molecular flexibility index (Phi) is 5.11. The molecular formula is C16H23F2NO. The molecule has 1 aromatic carbocycles. The number of ether oxygens (including phenoxy) is 1. The standard InChI is InChI=1S/C16H23F2NO/c1-3-19-13(11-16(20-2)8-5-9-16)10-12-6-4-7-14(17)15(12)18/h4,6-7,13,19H,3,5,8-11H2,1-2H3. The van der Waals surface area contributed by atoms with E-state index < -0.39 is 11.6 Å². The maximum Gasteiger partial charge on any atom is 0.162 e. The Labute approximate surface area is 119 Å². The molecule has 0 aliphatic heterocycles. The minimum atomic E-state index is -0.775. The first kappa shape index (κ1) is 15.4. The zero-order chi connectivity index (χ0) is 14.6. The Morgan fingerprint density at radius 3 is 2.65 bits per heavy atom. The van der Waals surface area contributed by atoms with Gasteiger partial charge in [0.2, 0.25) is 0 Å². The van der Waals surface area contributed by atoms with E-state index in [1.54, 1.807) is 19.2 Å². The van der Waals surface area contributed by atoms with Gasteiger partial charge in [-0.2, -0.15) is 0 Å². The van der Waals surface area contributed by atoms with Gasteiger partial charge in [-0.1, -0.05) is 19.1 Å². The lowest BCUT2D eigenvalue weighted by atomic mass is 9.75. The fraction of sp³-hybridized carbons (Fsp3) is 0.625. The molecule has 0 radical (unpaired) electrons. The topological polar surface area (TPSA) is 21.3 Å². The molecule has 1 fully saturated rings. The van der Waals surface area contributed by atoms with Crippen molar-refractivity contribution in [2.24, 2.45) is 0 Å². The second kappa shape index (κ2) is 6.64. The number of methoxy groups -OCH3 is 1. The first-order valence-electron chi connectivity index (χ1n) is 7.31. The van der Waals surface area contributed by atoms with E-state index in [9.17, 15) is 8.78 Å². The van der Waals surface area contributed by atoms with Crippen molar-refractivity contribution in [3.05, 3.63) is 35.4 Å². The number of likely N-dealkylation sites (N-methyl/N-ethyl adjacent to an activating group) is 1. The largest absolute Gasteiger partial charge is 0.378 e. The number of hydrogen-bond donors (Lipinski definition) is 1. The van der Waals surface area contributed by atoms with E-state index in [0.29, 0.717) is 12.0 Å². The lowest BCUT2D eigenvalue weighted by Gasteiger charge is -2.43. The molecule has 1 unspecified atom stereocenters. The first-order valence-corrected chi connectivity index (χ1v) is 7.31. The lowest BCUT2D eigenvalue weighted by molar-refractivity contribution is -0.0833. The number of nitrogens with one attached hydrogen (secondary N) is 1. The Bertz CT molecular complexity index is 441. The summed E-state index contributed by atoms with van der Waals surface area (Å²) in [5, 5.41) is 3.37. The van der Waals surface area contributed by atoms with E-state index >= 15 is 0 Å². The predicted octanol–water partition coefficient (Wildman–Crippen LogP) is 3.44. The van der Waals surface area contributed by atoms with E-state index in [1.165, 1.54) is 6.42 Å². The minimum absolute atomic E-state index is 0.0728. The van der Waals surface area contributed by atoms with Crippen molar-refractivity contribution >= 4 is 0 Å². The third kappa shape index (κ3) is 3.36. The highest BCUT2D eigenvalue weighted by Crippen LogP contribution is 2.39. The van der Waals surface area contributed by atoms with Crippen LogP contribution in [0.15, 0.2) is 18.2 Å². The lowest BCUT2D eigenvalue weighted by Crippen LogP contribution is -2.46. The quantitative estimate of drug-likeness (QED) is 0.827. The van der Waals surface area contributed by atoms with Gasteiger partial charge in [0.05, 0.1) is 5.60 Å². The molecular weight excluding hydrogens is 260 g/mol. The second-order valence-corrected chi connectivity index (χ2v) is 5.62. The van der Waals surface area contributed by atoms with Gasteiger partial charge in [-0.05, 0) is 50.3 Å². The third-order valence-electron chi connectivity index (χ3n) is 4.31. The van der Waals surface area contributed by atoms with Crippen LogP contribution >= 0.6 is 0 Å². The van der Waals surface area contributed by atoms with Crippen LogP contribution in [0.2, 0.25) is 0 Å². The summed E-state index contributed by atoms with van der Waals surface area (Å²) in [6.45, 7) is 2.83. The number of halogens is 2. The fourth-order valence-corrected chi connectivity index (χ4v) is 2.99. The molecule has 0 bridgehead atoms. The van der Waals surface area contributed by atoms with Crippen molar-refractivity contribution in [2.45, 2.75) is 50.7 Å². The summed E-state index contributed by atoms with van der Waals surface area (Å²) in [7, 11) is 1.74. The summed E-state index contributed by atoms with van der Waals surface area (Å²) < 4.78 is 32.7. The van der Waals surface area contributed by atoms with Crippen LogP contribution in [0.4, 0.5) is 8.78 Å². The van der Waals surface area contributed by atoms with Crippen LogP contribution in [0, 0.1) is 11.6 Å². The van der Waals surface area contributed by atoms with E-state index in [0.717, 1.165) is 31.9 Å². The highest BCUT2D eigenvalue weighted by atomic mass is 19.2. The van der Waals surface area contributed by atoms with Crippen molar-refractivity contribution < 1.29 is 13.5 Å². The average molecular weight is 283 g/mol. The van der Waals surface area contributed by atoms with Gasteiger partial charge in [0.25, 0.3) is 0 Å². The zero-order valence-electron chi connectivity index (χ0n) is 12.2. The number of benzene rings is 1. The Balaban J connectivity index is 2.07. The van der Waals surface area contributed by atoms with E-state index in [2.05, 4.69) is 5.32 Å². The maximum atomic E-state index is 13.8. The van der Waals surface area contributed by atoms with Crippen LogP contribution in [-0.2, 0) is 11.2 Å². The molecule has 20 heavy (non-hydrogen) atoms. The van der Waals surface area contributed by atoms with Crippen LogP contribution in [0.25, 0.3) is 0 Å². The molecule has 1 saturated carbocycles. The van der Waals surface area contributed by atoms with Crippen molar-refractivity contribution in [3.63, 3.8) is 0 Å². The van der Waals surface area contributed by atoms with Gasteiger partial charge >= 0.3 is 0 Å². The predicted molar refractivity (Wildman–Crippen MR) is 75.7 cm³/mol. The summed E-state index contributed by atoms with van der Waals surface area (Å²) in [6.07, 6.45) is 4.62. The van der Waals surface area contributed by atoms with Gasteiger partial charge in [-0.25, -0.2) is 8.78 Å². The van der Waals surface area contributed by atoms with Crippen molar-refractivity contribution in [3.8, 4) is 0 Å². The molecule has 0 aromatic heterocycles. The monoisotopic (exact) mass is 283 g/mol. The highest BCUT2D eigenvalue weighted by molar-refractivity contribution is 5.20. The maximum absolute atomic E-state index is 13.8. The van der Waals surface area contributed by atoms with Crippen LogP contribution in [0.3, 0.4) is 0 Å². The molecule has 2 rings (SSSR count). The molecule has 0 amide bonds. The summed E-state index contributed by atoms with van der Waals surface area (Å²) in [5.74, 6) is -1.50. The average Bonchev–Trinajstić information content (AvgIpc) is 2.39. The molecule has 1 aliphatic carbocycles. The summed E-state index contributed by atoms with van der Waals surface area (Å²) in [4.78, 5) is 0. The SMILES string of the molecule is CCNC(Cc1cccc(F)c1F)CC1(OC)CCC1. The molecule has 0 heterocycles. The van der Waals surface area contributed by atoms with Crippen molar-refractivity contribution in [1.29, 1.82) is 0 Å². The fourth-order valence-electron chi connectivity index (χ4n) is 2.99. The molecule has 0 spiro atoms. The van der Waals surface area contributed by atoms with Crippen LogP contribution in [0.1, 0.15) is 38.2 Å². The van der Waals surface area contributed by atoms with Gasteiger partial charge in [0.15, 0.2) is 11.6 Å². The summed E-state index contributed by atoms with van der Waals surface area (Å²) >= 11 is 0. The molecule has 2 nitrogen and oxygen atoms in total. The Hall–Kier alpha value is -1.00. The molecule has 1 atom stereocenters. The van der Waals surface area contributed by atoms with Crippen molar-refractivity contribution in [2.75, 3.05) is 13.7 Å². The van der Waals surface area contributed by atoms with E-state index in [1.807, 2.05) is 6.92 Å². The van der Waals surface area contributed by atoms with Gasteiger partial charge in [0, 0.05) is 13.2 Å². The molecule has 4 heteroatoms. The normalized spacial score (nSPS) is 18.6. The van der Waals surface area contributed by atoms with Gasteiger partial charge in [-0.3, -0.25) is 0 Å². The second-order valence-electron chi connectivity index (χ2n) is 5.62. The molecule has 0 saturated heterocycles. The molecule has 112 valence electrons. The Morgan fingerprint density at radius 2 is 2.10 bits per heavy atom. The van der Waals surface area contributed by atoms with E-state index in [-0.39, 0.29) is 11.6 Å². The van der Waals surface area contributed by atoms with Gasteiger partial charge < -0.3 is 10.1 Å². The third-order valence-corrected chi connectivity index (χ3v) is 4.31. The summed E-state index contributed by atoms with van der Waals surface area (Å²) in [5.41, 5.74) is 0.359. The highest BCUT2D eigenvalue weighted by Gasteiger charge is 2.39. The van der Waals surface area contributed by atoms with Crippen LogP contribution in [0.5, 0.6) is 0 Å². The molecule has 1 aromatic rings. The van der Waals surface area contributed by atoms with Crippen LogP contribution in [-0.4, -0.2) is 25.3 Å².